The van der Waals surface area contributed by atoms with Crippen LogP contribution in [0.2, 0.25) is 0 Å². The van der Waals surface area contributed by atoms with Crippen LogP contribution in [0.15, 0.2) is 18.3 Å². The van der Waals surface area contributed by atoms with Crippen molar-refractivity contribution < 1.29 is 22.7 Å². The number of rotatable bonds is 3. The number of alkyl halides is 3. The summed E-state index contributed by atoms with van der Waals surface area (Å²) >= 11 is 0. The maximum Gasteiger partial charge on any atom is 0.417 e. The van der Waals surface area contributed by atoms with Gasteiger partial charge in [0.15, 0.2) is 0 Å². The number of carbonyl (C=O) groups excluding carboxylic acids is 1. The van der Waals surface area contributed by atoms with E-state index >= 15 is 0 Å². The first kappa shape index (κ1) is 18.3. The molecule has 2 unspecified atom stereocenters. The van der Waals surface area contributed by atoms with Crippen LogP contribution in [-0.4, -0.2) is 17.2 Å². The molecule has 1 N–H and O–H groups in total. The molecule has 0 fully saturated rings. The van der Waals surface area contributed by atoms with Crippen LogP contribution in [0.1, 0.15) is 51.9 Å². The molecule has 124 valence electrons. The third kappa shape index (κ3) is 5.20. The van der Waals surface area contributed by atoms with E-state index in [1.165, 1.54) is 6.07 Å². The Balaban J connectivity index is 2.65. The fourth-order valence-corrected chi connectivity index (χ4v) is 1.45. The lowest BCUT2D eigenvalue weighted by molar-refractivity contribution is -0.137. The summed E-state index contributed by atoms with van der Waals surface area (Å²) in [5, 5.41) is 2.55. The van der Waals surface area contributed by atoms with Crippen molar-refractivity contribution in [3.8, 4) is 0 Å². The summed E-state index contributed by atoms with van der Waals surface area (Å²) in [6.07, 6.45) is -4.61. The molecule has 0 radical (unpaired) electrons. The largest absolute Gasteiger partial charge is 0.446 e. The number of hydrogen-bond donors (Lipinski definition) is 1. The van der Waals surface area contributed by atoms with Gasteiger partial charge in [-0.25, -0.2) is 4.79 Å². The van der Waals surface area contributed by atoms with Crippen LogP contribution < -0.4 is 5.32 Å². The fourth-order valence-electron chi connectivity index (χ4n) is 1.45. The number of hydrogen-bond acceptors (Lipinski definition) is 3. The van der Waals surface area contributed by atoms with Crippen molar-refractivity contribution >= 4 is 6.09 Å². The zero-order valence-corrected chi connectivity index (χ0v) is 13.3. The quantitative estimate of drug-likeness (QED) is 0.903. The number of aromatic nitrogens is 1. The topological polar surface area (TPSA) is 51.2 Å². The molecule has 7 heteroatoms. The van der Waals surface area contributed by atoms with E-state index in [0.717, 1.165) is 12.3 Å². The SMILES string of the molecule is CC(NC(=O)OC(C)C(C)(C)C)c1ccc(C(F)(F)F)cn1. The summed E-state index contributed by atoms with van der Waals surface area (Å²) in [6.45, 7) is 9.21. The van der Waals surface area contributed by atoms with Gasteiger partial charge in [-0.05, 0) is 31.4 Å². The molecule has 2 atom stereocenters. The molecule has 1 amide bonds. The molecular formula is C15H21F3N2O2. The average Bonchev–Trinajstić information content (AvgIpc) is 2.36. The van der Waals surface area contributed by atoms with Crippen LogP contribution in [0.5, 0.6) is 0 Å². The maximum absolute atomic E-state index is 12.5. The van der Waals surface area contributed by atoms with Gasteiger partial charge in [0.2, 0.25) is 0 Å². The number of alkyl carbamates (subject to hydrolysis) is 1. The third-order valence-electron chi connectivity index (χ3n) is 3.40. The van der Waals surface area contributed by atoms with Crippen LogP contribution in [-0.2, 0) is 10.9 Å². The minimum Gasteiger partial charge on any atom is -0.446 e. The molecule has 1 aromatic heterocycles. The normalized spacial score (nSPS) is 15.1. The van der Waals surface area contributed by atoms with Gasteiger partial charge in [0, 0.05) is 6.20 Å². The van der Waals surface area contributed by atoms with E-state index in [1.54, 1.807) is 13.8 Å². The Kier molecular flexibility index (Phi) is 5.43. The Morgan fingerprint density at radius 3 is 2.23 bits per heavy atom. The predicted molar refractivity (Wildman–Crippen MR) is 76.2 cm³/mol. The van der Waals surface area contributed by atoms with E-state index in [9.17, 15) is 18.0 Å². The molecular weight excluding hydrogens is 297 g/mol. The smallest absolute Gasteiger partial charge is 0.417 e. The molecule has 0 aliphatic heterocycles. The molecule has 0 spiro atoms. The molecule has 1 heterocycles. The Labute approximate surface area is 128 Å². The van der Waals surface area contributed by atoms with Crippen molar-refractivity contribution in [1.82, 2.24) is 10.3 Å². The summed E-state index contributed by atoms with van der Waals surface area (Å²) in [6, 6.07) is 1.62. The van der Waals surface area contributed by atoms with Crippen LogP contribution in [0, 0.1) is 5.41 Å². The van der Waals surface area contributed by atoms with Gasteiger partial charge in [-0.1, -0.05) is 20.8 Å². The number of pyridine rings is 1. The standard InChI is InChI=1S/C15H21F3N2O2/c1-9(20-13(21)22-10(2)14(3,4)5)12-7-6-11(8-19-12)15(16,17)18/h6-10H,1-5H3,(H,20,21). The highest BCUT2D eigenvalue weighted by atomic mass is 19.4. The first-order valence-corrected chi connectivity index (χ1v) is 6.91. The second kappa shape index (κ2) is 6.54. The minimum atomic E-state index is -4.43. The maximum atomic E-state index is 12.5. The summed E-state index contributed by atoms with van der Waals surface area (Å²) in [4.78, 5) is 15.5. The van der Waals surface area contributed by atoms with Crippen molar-refractivity contribution in [1.29, 1.82) is 0 Å². The zero-order chi connectivity index (χ0) is 17.1. The lowest BCUT2D eigenvalue weighted by Crippen LogP contribution is -2.35. The third-order valence-corrected chi connectivity index (χ3v) is 3.40. The van der Waals surface area contributed by atoms with E-state index in [4.69, 9.17) is 4.74 Å². The molecule has 0 saturated carbocycles. The van der Waals surface area contributed by atoms with Crippen molar-refractivity contribution in [2.75, 3.05) is 0 Å². The van der Waals surface area contributed by atoms with E-state index in [0.29, 0.717) is 5.69 Å². The Morgan fingerprint density at radius 1 is 1.23 bits per heavy atom. The average molecular weight is 318 g/mol. The number of ether oxygens (including phenoxy) is 1. The molecule has 0 aliphatic rings. The van der Waals surface area contributed by atoms with Gasteiger partial charge in [0.25, 0.3) is 0 Å². The van der Waals surface area contributed by atoms with Crippen molar-refractivity contribution in [3.05, 3.63) is 29.6 Å². The first-order valence-electron chi connectivity index (χ1n) is 6.91. The summed E-state index contributed by atoms with van der Waals surface area (Å²) < 4.78 is 42.6. The number of nitrogens with one attached hydrogen (secondary N) is 1. The summed E-state index contributed by atoms with van der Waals surface area (Å²) in [5.41, 5.74) is -0.701. The van der Waals surface area contributed by atoms with Crippen molar-refractivity contribution in [2.45, 2.75) is 52.9 Å². The van der Waals surface area contributed by atoms with Crippen LogP contribution >= 0.6 is 0 Å². The molecule has 0 saturated heterocycles. The Morgan fingerprint density at radius 2 is 1.82 bits per heavy atom. The minimum absolute atomic E-state index is 0.201. The van der Waals surface area contributed by atoms with E-state index < -0.39 is 23.9 Å². The number of amides is 1. The van der Waals surface area contributed by atoms with Crippen LogP contribution in [0.4, 0.5) is 18.0 Å². The summed E-state index contributed by atoms with van der Waals surface area (Å²) in [7, 11) is 0. The lowest BCUT2D eigenvalue weighted by Gasteiger charge is -2.27. The van der Waals surface area contributed by atoms with Gasteiger partial charge < -0.3 is 10.1 Å². The van der Waals surface area contributed by atoms with Crippen LogP contribution in [0.3, 0.4) is 0 Å². The van der Waals surface area contributed by atoms with E-state index in [-0.39, 0.29) is 11.5 Å². The van der Waals surface area contributed by atoms with Gasteiger partial charge in [-0.2, -0.15) is 13.2 Å². The first-order chi connectivity index (χ1) is 9.91. The van der Waals surface area contributed by atoms with Gasteiger partial charge in [0.05, 0.1) is 17.3 Å². The van der Waals surface area contributed by atoms with Crippen LogP contribution in [0.25, 0.3) is 0 Å². The molecule has 1 rings (SSSR count). The Bertz CT molecular complexity index is 507. The number of halogens is 3. The van der Waals surface area contributed by atoms with E-state index in [1.807, 2.05) is 20.8 Å². The highest BCUT2D eigenvalue weighted by molar-refractivity contribution is 5.68. The monoisotopic (exact) mass is 318 g/mol. The zero-order valence-electron chi connectivity index (χ0n) is 13.3. The molecule has 1 aromatic rings. The fraction of sp³-hybridized carbons (Fsp3) is 0.600. The van der Waals surface area contributed by atoms with Gasteiger partial charge >= 0.3 is 12.3 Å². The number of nitrogens with zero attached hydrogens (tertiary/aromatic N) is 1. The summed E-state index contributed by atoms with van der Waals surface area (Å²) in [5.74, 6) is 0. The highest BCUT2D eigenvalue weighted by Crippen LogP contribution is 2.29. The predicted octanol–water partition coefficient (Wildman–Crippen LogP) is 4.32. The molecule has 0 aromatic carbocycles. The van der Waals surface area contributed by atoms with Gasteiger partial charge in [-0.15, -0.1) is 0 Å². The molecule has 22 heavy (non-hydrogen) atoms. The molecule has 0 bridgehead atoms. The van der Waals surface area contributed by atoms with Gasteiger partial charge in [0.1, 0.15) is 6.10 Å². The second-order valence-corrected chi connectivity index (χ2v) is 6.25. The van der Waals surface area contributed by atoms with Crippen molar-refractivity contribution in [2.24, 2.45) is 5.41 Å². The van der Waals surface area contributed by atoms with Crippen molar-refractivity contribution in [3.63, 3.8) is 0 Å². The highest BCUT2D eigenvalue weighted by Gasteiger charge is 2.31. The molecule has 0 aliphatic carbocycles. The Hall–Kier alpha value is -1.79. The van der Waals surface area contributed by atoms with Gasteiger partial charge in [-0.3, -0.25) is 4.98 Å². The lowest BCUT2D eigenvalue weighted by atomic mass is 9.90. The van der Waals surface area contributed by atoms with E-state index in [2.05, 4.69) is 10.3 Å². The number of carbonyl (C=O) groups is 1. The second-order valence-electron chi connectivity index (χ2n) is 6.25. The molecule has 4 nitrogen and oxygen atoms in total.